The van der Waals surface area contributed by atoms with Crippen LogP contribution in [0.25, 0.3) is 0 Å². The molecular formula is C15H13ClN2O3. The van der Waals surface area contributed by atoms with E-state index in [9.17, 15) is 9.90 Å². The summed E-state index contributed by atoms with van der Waals surface area (Å²) in [6.45, 7) is 0. The fourth-order valence-corrected chi connectivity index (χ4v) is 1.90. The number of rotatable bonds is 4. The van der Waals surface area contributed by atoms with Crippen molar-refractivity contribution >= 4 is 23.7 Å². The van der Waals surface area contributed by atoms with Gasteiger partial charge in [0.15, 0.2) is 11.5 Å². The van der Waals surface area contributed by atoms with Crippen molar-refractivity contribution < 1.29 is 14.6 Å². The number of carbonyl (C=O) groups excluding carboxylic acids is 1. The van der Waals surface area contributed by atoms with Gasteiger partial charge in [0, 0.05) is 5.56 Å². The van der Waals surface area contributed by atoms with Gasteiger partial charge in [-0.2, -0.15) is 5.10 Å². The second kappa shape index (κ2) is 6.76. The standard InChI is InChI=1S/C15H13ClN2O3/c1-21-13-8-4-5-10(14(13)19)9-17-18-15(20)11-6-2-3-7-12(11)16/h2-9,19H,1H3,(H,18,20). The molecule has 0 aliphatic rings. The van der Waals surface area contributed by atoms with E-state index in [0.717, 1.165) is 0 Å². The molecule has 2 aromatic carbocycles. The van der Waals surface area contributed by atoms with E-state index in [2.05, 4.69) is 10.5 Å². The van der Waals surface area contributed by atoms with Gasteiger partial charge < -0.3 is 9.84 Å². The van der Waals surface area contributed by atoms with Crippen molar-refractivity contribution in [1.29, 1.82) is 0 Å². The van der Waals surface area contributed by atoms with Gasteiger partial charge in [-0.15, -0.1) is 0 Å². The number of nitrogens with zero attached hydrogens (tertiary/aromatic N) is 1. The maximum absolute atomic E-state index is 11.9. The van der Waals surface area contributed by atoms with E-state index in [1.807, 2.05) is 0 Å². The maximum Gasteiger partial charge on any atom is 0.272 e. The third-order valence-electron chi connectivity index (χ3n) is 2.74. The Bertz CT molecular complexity index is 686. The fourth-order valence-electron chi connectivity index (χ4n) is 1.67. The lowest BCUT2D eigenvalue weighted by Gasteiger charge is -2.05. The van der Waals surface area contributed by atoms with Crippen LogP contribution in [0.3, 0.4) is 0 Å². The lowest BCUT2D eigenvalue weighted by Crippen LogP contribution is -2.17. The number of para-hydroxylation sites is 1. The smallest absolute Gasteiger partial charge is 0.272 e. The van der Waals surface area contributed by atoms with E-state index in [-0.39, 0.29) is 5.75 Å². The maximum atomic E-state index is 11.9. The molecule has 0 bridgehead atoms. The second-order valence-electron chi connectivity index (χ2n) is 4.08. The summed E-state index contributed by atoms with van der Waals surface area (Å²) in [4.78, 5) is 11.9. The molecular weight excluding hydrogens is 292 g/mol. The Morgan fingerprint density at radius 1 is 1.29 bits per heavy atom. The summed E-state index contributed by atoms with van der Waals surface area (Å²) in [7, 11) is 1.45. The third-order valence-corrected chi connectivity index (χ3v) is 3.07. The van der Waals surface area contributed by atoms with Gasteiger partial charge in [0.25, 0.3) is 5.91 Å². The molecule has 108 valence electrons. The number of phenols is 1. The average Bonchev–Trinajstić information content (AvgIpc) is 2.49. The van der Waals surface area contributed by atoms with Gasteiger partial charge in [-0.1, -0.05) is 29.8 Å². The van der Waals surface area contributed by atoms with Crippen molar-refractivity contribution in [3.05, 3.63) is 58.6 Å². The molecule has 0 heterocycles. The molecule has 0 fully saturated rings. The van der Waals surface area contributed by atoms with Gasteiger partial charge in [0.1, 0.15) is 0 Å². The third kappa shape index (κ3) is 3.52. The summed E-state index contributed by atoms with van der Waals surface area (Å²) >= 11 is 5.91. The lowest BCUT2D eigenvalue weighted by atomic mass is 10.2. The minimum Gasteiger partial charge on any atom is -0.504 e. The van der Waals surface area contributed by atoms with Gasteiger partial charge in [-0.25, -0.2) is 5.43 Å². The van der Waals surface area contributed by atoms with E-state index in [1.54, 1.807) is 42.5 Å². The summed E-state index contributed by atoms with van der Waals surface area (Å²) in [6.07, 6.45) is 1.33. The number of nitrogens with one attached hydrogen (secondary N) is 1. The minimum atomic E-state index is -0.431. The minimum absolute atomic E-state index is 0.0456. The molecule has 2 N–H and O–H groups in total. The Kier molecular flexibility index (Phi) is 4.79. The number of methoxy groups -OCH3 is 1. The van der Waals surface area contributed by atoms with Crippen LogP contribution < -0.4 is 10.2 Å². The van der Waals surface area contributed by atoms with Crippen LogP contribution in [0.4, 0.5) is 0 Å². The summed E-state index contributed by atoms with van der Waals surface area (Å²) in [6, 6.07) is 11.6. The number of halogens is 1. The van der Waals surface area contributed by atoms with Gasteiger partial charge in [-0.3, -0.25) is 4.79 Å². The highest BCUT2D eigenvalue weighted by Crippen LogP contribution is 2.27. The summed E-state index contributed by atoms with van der Waals surface area (Å²) < 4.78 is 4.98. The quantitative estimate of drug-likeness (QED) is 0.674. The van der Waals surface area contributed by atoms with Crippen LogP contribution in [-0.4, -0.2) is 24.3 Å². The topological polar surface area (TPSA) is 70.9 Å². The molecule has 0 radical (unpaired) electrons. The lowest BCUT2D eigenvalue weighted by molar-refractivity contribution is 0.0955. The molecule has 0 spiro atoms. The highest BCUT2D eigenvalue weighted by atomic mass is 35.5. The number of aromatic hydroxyl groups is 1. The van der Waals surface area contributed by atoms with Crippen molar-refractivity contribution in [3.63, 3.8) is 0 Å². The van der Waals surface area contributed by atoms with E-state index < -0.39 is 5.91 Å². The van der Waals surface area contributed by atoms with Crippen molar-refractivity contribution in [2.24, 2.45) is 5.10 Å². The molecule has 5 nitrogen and oxygen atoms in total. The van der Waals surface area contributed by atoms with Crippen LogP contribution in [0.2, 0.25) is 5.02 Å². The summed E-state index contributed by atoms with van der Waals surface area (Å²) in [5, 5.41) is 14.0. The first-order chi connectivity index (χ1) is 10.1. The van der Waals surface area contributed by atoms with Crippen molar-refractivity contribution in [2.75, 3.05) is 7.11 Å². The van der Waals surface area contributed by atoms with E-state index >= 15 is 0 Å². The first-order valence-corrected chi connectivity index (χ1v) is 6.45. The Morgan fingerprint density at radius 3 is 2.76 bits per heavy atom. The molecule has 0 unspecified atom stereocenters. The van der Waals surface area contributed by atoms with Crippen molar-refractivity contribution in [1.82, 2.24) is 5.43 Å². The van der Waals surface area contributed by atoms with Gasteiger partial charge in [0.2, 0.25) is 0 Å². The first kappa shape index (κ1) is 14.9. The monoisotopic (exact) mass is 304 g/mol. The molecule has 2 rings (SSSR count). The summed E-state index contributed by atoms with van der Waals surface area (Å²) in [5.74, 6) is -0.147. The SMILES string of the molecule is COc1cccc(C=NNC(=O)c2ccccc2Cl)c1O. The van der Waals surface area contributed by atoms with Crippen LogP contribution >= 0.6 is 11.6 Å². The zero-order valence-electron chi connectivity index (χ0n) is 11.2. The number of hydrazone groups is 1. The van der Waals surface area contributed by atoms with E-state index in [0.29, 0.717) is 21.9 Å². The Morgan fingerprint density at radius 2 is 2.05 bits per heavy atom. The zero-order valence-corrected chi connectivity index (χ0v) is 12.0. The molecule has 2 aromatic rings. The number of benzene rings is 2. The van der Waals surface area contributed by atoms with E-state index in [4.69, 9.17) is 16.3 Å². The van der Waals surface area contributed by atoms with Crippen LogP contribution in [0, 0.1) is 0 Å². The molecule has 0 atom stereocenters. The van der Waals surface area contributed by atoms with Gasteiger partial charge in [0.05, 0.1) is 23.9 Å². The molecule has 1 amide bonds. The van der Waals surface area contributed by atoms with Crippen molar-refractivity contribution in [3.8, 4) is 11.5 Å². The predicted octanol–water partition coefficient (Wildman–Crippen LogP) is 2.82. The molecule has 0 saturated carbocycles. The number of phenolic OH excluding ortho intramolecular Hbond substituents is 1. The number of hydrogen-bond donors (Lipinski definition) is 2. The Hall–Kier alpha value is -2.53. The molecule has 0 aromatic heterocycles. The molecule has 21 heavy (non-hydrogen) atoms. The average molecular weight is 305 g/mol. The Labute approximate surface area is 126 Å². The number of amides is 1. The Balaban J connectivity index is 2.10. The normalized spacial score (nSPS) is 10.6. The van der Waals surface area contributed by atoms with E-state index in [1.165, 1.54) is 13.3 Å². The van der Waals surface area contributed by atoms with Gasteiger partial charge in [-0.05, 0) is 24.3 Å². The predicted molar refractivity (Wildman–Crippen MR) is 81.2 cm³/mol. The van der Waals surface area contributed by atoms with Crippen LogP contribution in [0.1, 0.15) is 15.9 Å². The second-order valence-corrected chi connectivity index (χ2v) is 4.48. The summed E-state index contributed by atoms with van der Waals surface area (Å²) in [5.41, 5.74) is 3.10. The zero-order chi connectivity index (χ0) is 15.2. The largest absolute Gasteiger partial charge is 0.504 e. The van der Waals surface area contributed by atoms with Crippen LogP contribution in [0.5, 0.6) is 11.5 Å². The van der Waals surface area contributed by atoms with Crippen LogP contribution in [-0.2, 0) is 0 Å². The molecule has 6 heteroatoms. The number of carbonyl (C=O) groups is 1. The highest BCUT2D eigenvalue weighted by molar-refractivity contribution is 6.33. The molecule has 0 aliphatic carbocycles. The fraction of sp³-hybridized carbons (Fsp3) is 0.0667. The first-order valence-electron chi connectivity index (χ1n) is 6.07. The molecule has 0 aliphatic heterocycles. The number of ether oxygens (including phenoxy) is 1. The highest BCUT2D eigenvalue weighted by Gasteiger charge is 2.08. The number of hydrogen-bond acceptors (Lipinski definition) is 4. The van der Waals surface area contributed by atoms with Gasteiger partial charge >= 0.3 is 0 Å². The van der Waals surface area contributed by atoms with Crippen LogP contribution in [0.15, 0.2) is 47.6 Å². The molecule has 0 saturated heterocycles. The van der Waals surface area contributed by atoms with Crippen molar-refractivity contribution in [2.45, 2.75) is 0 Å².